The molecule has 0 aliphatic rings. The molecule has 108 valence electrons. The van der Waals surface area contributed by atoms with Gasteiger partial charge in [-0.1, -0.05) is 6.92 Å². The van der Waals surface area contributed by atoms with Gasteiger partial charge >= 0.3 is 0 Å². The van der Waals surface area contributed by atoms with Gasteiger partial charge < -0.3 is 10.6 Å². The predicted octanol–water partition coefficient (Wildman–Crippen LogP) is 0.704. The van der Waals surface area contributed by atoms with Crippen molar-refractivity contribution in [1.82, 2.24) is 10.6 Å². The Hall–Kier alpha value is -0.620. The van der Waals surface area contributed by atoms with E-state index in [2.05, 4.69) is 10.6 Å². The summed E-state index contributed by atoms with van der Waals surface area (Å²) in [5, 5.41) is 5.77. The number of carbonyl (C=O) groups excluding carboxylic acids is 1. The van der Waals surface area contributed by atoms with Gasteiger partial charge in [0.1, 0.15) is 0 Å². The largest absolute Gasteiger partial charge is 0.350 e. The zero-order chi connectivity index (χ0) is 14.4. The summed E-state index contributed by atoms with van der Waals surface area (Å²) in [6, 6.07) is -0.388. The van der Waals surface area contributed by atoms with E-state index in [0.29, 0.717) is 13.0 Å². The molecular weight excluding hydrogens is 252 g/mol. The molecule has 2 N–H and O–H groups in total. The Morgan fingerprint density at radius 2 is 1.78 bits per heavy atom. The van der Waals surface area contributed by atoms with Crippen LogP contribution in [0.15, 0.2) is 0 Å². The Morgan fingerprint density at radius 3 is 2.22 bits per heavy atom. The summed E-state index contributed by atoms with van der Waals surface area (Å²) in [5.74, 6) is 0.168. The summed E-state index contributed by atoms with van der Waals surface area (Å²) in [6.45, 7) is 9.59. The number of hydrogen-bond donors (Lipinski definition) is 2. The lowest BCUT2D eigenvalue weighted by Gasteiger charge is -2.23. The smallest absolute Gasteiger partial charge is 0.237 e. The molecule has 0 aromatic heterocycles. The highest BCUT2D eigenvalue weighted by Crippen LogP contribution is 1.99. The van der Waals surface area contributed by atoms with Crippen molar-refractivity contribution in [3.05, 3.63) is 0 Å². The van der Waals surface area contributed by atoms with Crippen LogP contribution in [0.4, 0.5) is 0 Å². The Balaban J connectivity index is 4.05. The second-order valence-electron chi connectivity index (χ2n) is 5.57. The first-order valence-electron chi connectivity index (χ1n) is 6.33. The van der Waals surface area contributed by atoms with Crippen molar-refractivity contribution < 1.29 is 13.2 Å². The van der Waals surface area contributed by atoms with Crippen molar-refractivity contribution >= 4 is 15.7 Å². The van der Waals surface area contributed by atoms with Gasteiger partial charge in [-0.05, 0) is 34.1 Å². The minimum atomic E-state index is -2.98. The third kappa shape index (κ3) is 8.47. The van der Waals surface area contributed by atoms with Crippen molar-refractivity contribution in [1.29, 1.82) is 0 Å². The summed E-state index contributed by atoms with van der Waals surface area (Å²) in [5.41, 5.74) is -0.276. The molecular formula is C12H26N2O3S. The molecule has 1 unspecified atom stereocenters. The van der Waals surface area contributed by atoms with Crippen molar-refractivity contribution in [2.45, 2.75) is 52.6 Å². The normalized spacial score (nSPS) is 14.3. The molecule has 0 fully saturated rings. The number of carbonyl (C=O) groups is 1. The number of nitrogens with one attached hydrogen (secondary N) is 2. The van der Waals surface area contributed by atoms with Gasteiger partial charge in [0.25, 0.3) is 0 Å². The van der Waals surface area contributed by atoms with Crippen LogP contribution in [-0.2, 0) is 14.6 Å². The molecule has 1 amide bonds. The quantitative estimate of drug-likeness (QED) is 0.719. The van der Waals surface area contributed by atoms with Crippen LogP contribution in [0.3, 0.4) is 0 Å². The first kappa shape index (κ1) is 17.4. The third-order valence-electron chi connectivity index (χ3n) is 2.27. The van der Waals surface area contributed by atoms with Gasteiger partial charge in [0, 0.05) is 17.8 Å². The fourth-order valence-corrected chi connectivity index (χ4v) is 2.67. The van der Waals surface area contributed by atoms with Crippen molar-refractivity contribution in [2.24, 2.45) is 0 Å². The van der Waals surface area contributed by atoms with Gasteiger partial charge in [0.05, 0.1) is 11.8 Å². The van der Waals surface area contributed by atoms with Gasteiger partial charge in [-0.25, -0.2) is 8.42 Å². The average Bonchev–Trinajstić information content (AvgIpc) is 2.14. The number of amides is 1. The lowest BCUT2D eigenvalue weighted by Crippen LogP contribution is -2.50. The Bertz CT molecular complexity index is 358. The zero-order valence-electron chi connectivity index (χ0n) is 12.0. The van der Waals surface area contributed by atoms with Gasteiger partial charge in [-0.3, -0.25) is 4.79 Å². The van der Waals surface area contributed by atoms with Crippen molar-refractivity contribution in [3.8, 4) is 0 Å². The SMILES string of the molecule is CCCS(=O)(=O)CCNC(C)C(=O)NC(C)(C)C. The average molecular weight is 278 g/mol. The van der Waals surface area contributed by atoms with Crippen LogP contribution < -0.4 is 10.6 Å². The highest BCUT2D eigenvalue weighted by atomic mass is 32.2. The second-order valence-corrected chi connectivity index (χ2v) is 7.87. The predicted molar refractivity (Wildman–Crippen MR) is 74.3 cm³/mol. The van der Waals surface area contributed by atoms with E-state index in [4.69, 9.17) is 0 Å². The van der Waals surface area contributed by atoms with E-state index in [1.165, 1.54) is 0 Å². The molecule has 0 radical (unpaired) electrons. The minimum Gasteiger partial charge on any atom is -0.350 e. The molecule has 1 atom stereocenters. The molecule has 0 saturated carbocycles. The molecule has 0 saturated heterocycles. The number of sulfone groups is 1. The molecule has 0 aromatic rings. The van der Waals surface area contributed by atoms with Crippen LogP contribution in [0.25, 0.3) is 0 Å². The summed E-state index contributed by atoms with van der Waals surface area (Å²) < 4.78 is 22.9. The third-order valence-corrected chi connectivity index (χ3v) is 4.13. The van der Waals surface area contributed by atoms with Crippen molar-refractivity contribution in [3.63, 3.8) is 0 Å². The van der Waals surface area contributed by atoms with Gasteiger partial charge in [-0.15, -0.1) is 0 Å². The van der Waals surface area contributed by atoms with E-state index in [-0.39, 0.29) is 29.0 Å². The molecule has 0 heterocycles. The molecule has 5 nitrogen and oxygen atoms in total. The molecule has 18 heavy (non-hydrogen) atoms. The summed E-state index contributed by atoms with van der Waals surface area (Å²) in [4.78, 5) is 11.7. The monoisotopic (exact) mass is 278 g/mol. The maximum Gasteiger partial charge on any atom is 0.237 e. The maximum absolute atomic E-state index is 11.7. The Morgan fingerprint density at radius 1 is 1.22 bits per heavy atom. The van der Waals surface area contributed by atoms with E-state index in [9.17, 15) is 13.2 Å². The Kier molecular flexibility index (Phi) is 6.84. The lowest BCUT2D eigenvalue weighted by molar-refractivity contribution is -0.124. The standard InChI is InChI=1S/C12H26N2O3S/c1-6-8-18(16,17)9-7-13-10(2)11(15)14-12(3,4)5/h10,13H,6-9H2,1-5H3,(H,14,15). The number of hydrogen-bond acceptors (Lipinski definition) is 4. The first-order valence-corrected chi connectivity index (χ1v) is 8.15. The van der Waals surface area contributed by atoms with E-state index in [0.717, 1.165) is 0 Å². The molecule has 0 bridgehead atoms. The highest BCUT2D eigenvalue weighted by Gasteiger charge is 2.19. The van der Waals surface area contributed by atoms with Gasteiger partial charge in [0.15, 0.2) is 9.84 Å². The fourth-order valence-electron chi connectivity index (χ4n) is 1.41. The summed E-state index contributed by atoms with van der Waals surface area (Å²) in [6.07, 6.45) is 0.627. The van der Waals surface area contributed by atoms with Crippen LogP contribution in [-0.4, -0.2) is 44.0 Å². The molecule has 0 aliphatic heterocycles. The zero-order valence-corrected chi connectivity index (χ0v) is 12.9. The maximum atomic E-state index is 11.7. The van der Waals surface area contributed by atoms with Gasteiger partial charge in [0.2, 0.25) is 5.91 Å². The molecule has 0 spiro atoms. The van der Waals surface area contributed by atoms with Crippen LogP contribution in [0.5, 0.6) is 0 Å². The van der Waals surface area contributed by atoms with Gasteiger partial charge in [-0.2, -0.15) is 0 Å². The fraction of sp³-hybridized carbons (Fsp3) is 0.917. The topological polar surface area (TPSA) is 75.3 Å². The highest BCUT2D eigenvalue weighted by molar-refractivity contribution is 7.91. The molecule has 0 rings (SSSR count). The second kappa shape index (κ2) is 7.09. The summed E-state index contributed by atoms with van der Waals surface area (Å²) >= 11 is 0. The molecule has 0 aliphatic carbocycles. The molecule has 0 aromatic carbocycles. The summed E-state index contributed by atoms with van der Waals surface area (Å²) in [7, 11) is -2.98. The minimum absolute atomic E-state index is 0.0774. The van der Waals surface area contributed by atoms with Crippen LogP contribution in [0.1, 0.15) is 41.0 Å². The first-order chi connectivity index (χ1) is 8.07. The number of rotatable bonds is 7. The lowest BCUT2D eigenvalue weighted by atomic mass is 10.1. The van der Waals surface area contributed by atoms with E-state index in [1.807, 2.05) is 27.7 Å². The Labute approximate surface area is 111 Å². The van der Waals surface area contributed by atoms with E-state index in [1.54, 1.807) is 6.92 Å². The van der Waals surface area contributed by atoms with Crippen LogP contribution in [0.2, 0.25) is 0 Å². The van der Waals surface area contributed by atoms with E-state index < -0.39 is 9.84 Å². The van der Waals surface area contributed by atoms with Crippen molar-refractivity contribution in [2.75, 3.05) is 18.1 Å². The molecule has 6 heteroatoms. The van der Waals surface area contributed by atoms with E-state index >= 15 is 0 Å². The van der Waals surface area contributed by atoms with Crippen LogP contribution >= 0.6 is 0 Å². The van der Waals surface area contributed by atoms with Crippen LogP contribution in [0, 0.1) is 0 Å².